The third-order valence-electron chi connectivity index (χ3n) is 4.40. The van der Waals surface area contributed by atoms with Crippen LogP contribution in [0.1, 0.15) is 55.8 Å². The molecule has 0 aromatic heterocycles. The van der Waals surface area contributed by atoms with Crippen molar-refractivity contribution < 1.29 is 9.53 Å². The van der Waals surface area contributed by atoms with E-state index in [0.717, 1.165) is 25.7 Å². The van der Waals surface area contributed by atoms with E-state index in [1.54, 1.807) is 24.3 Å². The van der Waals surface area contributed by atoms with Crippen LogP contribution < -0.4 is 0 Å². The smallest absolute Gasteiger partial charge is 0.338 e. The molecule has 0 saturated carbocycles. The molecule has 0 spiro atoms. The minimum absolute atomic E-state index is 0.294. The molecule has 0 aliphatic heterocycles. The molecule has 0 bridgehead atoms. The molecule has 1 aliphatic rings. The molecule has 1 aromatic rings. The Hall–Kier alpha value is -1.54. The summed E-state index contributed by atoms with van der Waals surface area (Å²) in [6, 6.07) is 6.77. The van der Waals surface area contributed by atoms with Crippen LogP contribution in [-0.2, 0) is 4.74 Å². The van der Waals surface area contributed by atoms with E-state index in [1.165, 1.54) is 24.0 Å². The topological polar surface area (TPSA) is 26.3 Å². The lowest BCUT2D eigenvalue weighted by Gasteiger charge is -2.24. The molecule has 0 radical (unpaired) electrons. The molecule has 1 aromatic carbocycles. The van der Waals surface area contributed by atoms with E-state index in [0.29, 0.717) is 23.1 Å². The molecule has 124 valence electrons. The van der Waals surface area contributed by atoms with Gasteiger partial charge in [-0.2, -0.15) is 0 Å². The van der Waals surface area contributed by atoms with Gasteiger partial charge < -0.3 is 4.74 Å². The number of esters is 1. The molecular weight excluding hydrogens is 308 g/mol. The standard InChI is InChI=1S/C20H25ClO2/c1-3-4-5-15(2)17-8-6-16(7-9-17)14-23-20(22)18-10-12-19(21)13-11-18/h6,10-13,17H,2-5,7-9,14H2,1H3/t17-/m1/s1. The highest BCUT2D eigenvalue weighted by atomic mass is 35.5. The van der Waals surface area contributed by atoms with Crippen LogP contribution in [0, 0.1) is 5.92 Å². The predicted octanol–water partition coefficient (Wildman–Crippen LogP) is 5.97. The quantitative estimate of drug-likeness (QED) is 0.454. The largest absolute Gasteiger partial charge is 0.458 e. The maximum atomic E-state index is 12.0. The summed E-state index contributed by atoms with van der Waals surface area (Å²) in [6.07, 6.45) is 8.93. The second-order valence-electron chi connectivity index (χ2n) is 6.18. The molecule has 0 unspecified atom stereocenters. The van der Waals surface area contributed by atoms with Gasteiger partial charge in [0.25, 0.3) is 0 Å². The third-order valence-corrected chi connectivity index (χ3v) is 4.65. The fourth-order valence-corrected chi connectivity index (χ4v) is 2.95. The summed E-state index contributed by atoms with van der Waals surface area (Å²) >= 11 is 5.82. The molecule has 0 amide bonds. The van der Waals surface area contributed by atoms with Crippen molar-refractivity contribution in [3.8, 4) is 0 Å². The van der Waals surface area contributed by atoms with Gasteiger partial charge in [0.15, 0.2) is 0 Å². The Labute approximate surface area is 144 Å². The number of rotatable bonds is 7. The van der Waals surface area contributed by atoms with E-state index in [2.05, 4.69) is 19.6 Å². The van der Waals surface area contributed by atoms with E-state index >= 15 is 0 Å². The number of carbonyl (C=O) groups is 1. The zero-order valence-electron chi connectivity index (χ0n) is 13.8. The van der Waals surface area contributed by atoms with Gasteiger partial charge >= 0.3 is 5.97 Å². The van der Waals surface area contributed by atoms with Gasteiger partial charge in [-0.15, -0.1) is 0 Å². The van der Waals surface area contributed by atoms with Gasteiger partial charge in [0.05, 0.1) is 5.56 Å². The van der Waals surface area contributed by atoms with Crippen LogP contribution in [0.4, 0.5) is 0 Å². The Morgan fingerprint density at radius 2 is 2.09 bits per heavy atom. The van der Waals surface area contributed by atoms with Gasteiger partial charge in [-0.25, -0.2) is 4.79 Å². The normalized spacial score (nSPS) is 17.5. The maximum Gasteiger partial charge on any atom is 0.338 e. The summed E-state index contributed by atoms with van der Waals surface area (Å²) in [7, 11) is 0. The Bertz CT molecular complexity index is 572. The summed E-state index contributed by atoms with van der Waals surface area (Å²) in [6.45, 7) is 6.83. The lowest BCUT2D eigenvalue weighted by molar-refractivity contribution is 0.0535. The minimum Gasteiger partial charge on any atom is -0.458 e. The number of benzene rings is 1. The highest BCUT2D eigenvalue weighted by molar-refractivity contribution is 6.30. The van der Waals surface area contributed by atoms with Crippen LogP contribution in [-0.4, -0.2) is 12.6 Å². The second-order valence-corrected chi connectivity index (χ2v) is 6.61. The van der Waals surface area contributed by atoms with Crippen LogP contribution in [0.5, 0.6) is 0 Å². The number of unbranched alkanes of at least 4 members (excludes halogenated alkanes) is 1. The maximum absolute atomic E-state index is 12.0. The minimum atomic E-state index is -0.294. The summed E-state index contributed by atoms with van der Waals surface area (Å²) in [5.41, 5.74) is 3.13. The first kappa shape index (κ1) is 17.8. The van der Waals surface area contributed by atoms with Crippen LogP contribution in [0.25, 0.3) is 0 Å². The van der Waals surface area contributed by atoms with Gasteiger partial charge in [0.1, 0.15) is 6.61 Å². The van der Waals surface area contributed by atoms with Gasteiger partial charge in [0.2, 0.25) is 0 Å². The highest BCUT2D eigenvalue weighted by Gasteiger charge is 2.18. The summed E-state index contributed by atoms with van der Waals surface area (Å²) in [4.78, 5) is 12.0. The molecule has 1 atom stereocenters. The Balaban J connectivity index is 1.79. The zero-order chi connectivity index (χ0) is 16.7. The first-order valence-corrected chi connectivity index (χ1v) is 8.76. The van der Waals surface area contributed by atoms with Gasteiger partial charge in [0, 0.05) is 5.02 Å². The molecule has 1 aliphatic carbocycles. The summed E-state index contributed by atoms with van der Waals surface area (Å²) < 4.78 is 5.40. The van der Waals surface area contributed by atoms with Crippen molar-refractivity contribution in [2.24, 2.45) is 5.92 Å². The Morgan fingerprint density at radius 1 is 1.35 bits per heavy atom. The van der Waals surface area contributed by atoms with Gasteiger partial charge in [-0.1, -0.05) is 43.2 Å². The molecule has 3 heteroatoms. The lowest BCUT2D eigenvalue weighted by atomic mass is 9.83. The predicted molar refractivity (Wildman–Crippen MR) is 95.8 cm³/mol. The SMILES string of the molecule is C=C(CCCC)[C@@H]1CC=C(COC(=O)c2ccc(Cl)cc2)CC1. The average Bonchev–Trinajstić information content (AvgIpc) is 2.58. The number of carbonyl (C=O) groups excluding carboxylic acids is 1. The van der Waals surface area contributed by atoms with Crippen molar-refractivity contribution in [3.63, 3.8) is 0 Å². The fraction of sp³-hybridized carbons (Fsp3) is 0.450. The van der Waals surface area contributed by atoms with Crippen molar-refractivity contribution in [2.75, 3.05) is 6.61 Å². The van der Waals surface area contributed by atoms with E-state index in [1.807, 2.05) is 0 Å². The highest BCUT2D eigenvalue weighted by Crippen LogP contribution is 2.31. The van der Waals surface area contributed by atoms with Crippen LogP contribution >= 0.6 is 11.6 Å². The number of hydrogen-bond donors (Lipinski definition) is 0. The Kier molecular flexibility index (Phi) is 6.91. The molecule has 0 heterocycles. The molecule has 23 heavy (non-hydrogen) atoms. The number of ether oxygens (including phenoxy) is 1. The van der Waals surface area contributed by atoms with E-state index in [9.17, 15) is 4.79 Å². The monoisotopic (exact) mass is 332 g/mol. The van der Waals surface area contributed by atoms with Gasteiger partial charge in [-0.05, 0) is 67.9 Å². The third kappa shape index (κ3) is 5.54. The van der Waals surface area contributed by atoms with Crippen LogP contribution in [0.2, 0.25) is 5.02 Å². The van der Waals surface area contributed by atoms with E-state index < -0.39 is 0 Å². The number of allylic oxidation sites excluding steroid dienone is 2. The first-order chi connectivity index (χ1) is 11.1. The lowest BCUT2D eigenvalue weighted by Crippen LogP contribution is -2.13. The van der Waals surface area contributed by atoms with E-state index in [-0.39, 0.29) is 5.97 Å². The van der Waals surface area contributed by atoms with Crippen LogP contribution in [0.15, 0.2) is 48.1 Å². The molecule has 0 fully saturated rings. The van der Waals surface area contributed by atoms with Crippen molar-refractivity contribution in [1.82, 2.24) is 0 Å². The van der Waals surface area contributed by atoms with Crippen LogP contribution in [0.3, 0.4) is 0 Å². The zero-order valence-corrected chi connectivity index (χ0v) is 14.6. The van der Waals surface area contributed by atoms with Crippen molar-refractivity contribution in [2.45, 2.75) is 45.4 Å². The fourth-order valence-electron chi connectivity index (χ4n) is 2.83. The molecule has 0 saturated heterocycles. The first-order valence-electron chi connectivity index (χ1n) is 8.38. The van der Waals surface area contributed by atoms with Crippen molar-refractivity contribution >= 4 is 17.6 Å². The second kappa shape index (κ2) is 8.93. The molecule has 2 rings (SSSR count). The number of halogens is 1. The molecule has 0 N–H and O–H groups in total. The van der Waals surface area contributed by atoms with Crippen molar-refractivity contribution in [1.29, 1.82) is 0 Å². The van der Waals surface area contributed by atoms with Crippen molar-refractivity contribution in [3.05, 3.63) is 58.7 Å². The summed E-state index contributed by atoms with van der Waals surface area (Å²) in [5.74, 6) is 0.300. The Morgan fingerprint density at radius 3 is 2.70 bits per heavy atom. The molecular formula is C20H25ClO2. The number of hydrogen-bond acceptors (Lipinski definition) is 2. The average molecular weight is 333 g/mol. The van der Waals surface area contributed by atoms with Gasteiger partial charge in [-0.3, -0.25) is 0 Å². The molecule has 2 nitrogen and oxygen atoms in total. The van der Waals surface area contributed by atoms with E-state index in [4.69, 9.17) is 16.3 Å². The summed E-state index contributed by atoms with van der Waals surface area (Å²) in [5, 5.41) is 0.617.